The molecule has 112 valence electrons. The zero-order valence-electron chi connectivity index (χ0n) is 12.6. The summed E-state index contributed by atoms with van der Waals surface area (Å²) < 4.78 is 5.39. The third-order valence-corrected chi connectivity index (χ3v) is 5.31. The van der Waals surface area contributed by atoms with Crippen molar-refractivity contribution in [3.05, 3.63) is 47.3 Å². The maximum atomic E-state index is 5.39. The van der Waals surface area contributed by atoms with E-state index < -0.39 is 0 Å². The van der Waals surface area contributed by atoms with Crippen molar-refractivity contribution in [3.63, 3.8) is 0 Å². The molecule has 1 aliphatic rings. The Labute approximate surface area is 131 Å². The van der Waals surface area contributed by atoms with E-state index in [1.807, 2.05) is 18.4 Å². The molecule has 0 saturated carbocycles. The van der Waals surface area contributed by atoms with Crippen molar-refractivity contribution in [3.8, 4) is 10.4 Å². The van der Waals surface area contributed by atoms with Gasteiger partial charge in [-0.25, -0.2) is 0 Å². The molecule has 0 radical (unpaired) electrons. The number of rotatable bonds is 5. The average Bonchev–Trinajstić information content (AvgIpc) is 2.99. The van der Waals surface area contributed by atoms with E-state index in [-0.39, 0.29) is 0 Å². The molecule has 21 heavy (non-hydrogen) atoms. The van der Waals surface area contributed by atoms with Gasteiger partial charge < -0.3 is 4.74 Å². The molecule has 0 unspecified atom stereocenters. The molecule has 0 spiro atoms. The van der Waals surface area contributed by atoms with Crippen molar-refractivity contribution in [1.82, 2.24) is 4.90 Å². The Bertz CT molecular complexity index is 549. The summed E-state index contributed by atoms with van der Waals surface area (Å²) in [6.45, 7) is 3.12. The Kier molecular flexibility index (Phi) is 5.07. The number of methoxy groups -OCH3 is 1. The van der Waals surface area contributed by atoms with Crippen molar-refractivity contribution >= 4 is 11.3 Å². The molecule has 1 aromatic carbocycles. The molecule has 3 heteroatoms. The summed E-state index contributed by atoms with van der Waals surface area (Å²) in [5.41, 5.74) is 1.32. The number of hydrogen-bond donors (Lipinski definition) is 0. The molecule has 0 N–H and O–H groups in total. The number of hydrogen-bond acceptors (Lipinski definition) is 3. The van der Waals surface area contributed by atoms with Crippen molar-refractivity contribution in [2.75, 3.05) is 20.3 Å². The Morgan fingerprint density at radius 3 is 2.81 bits per heavy atom. The quantitative estimate of drug-likeness (QED) is 0.811. The number of nitrogens with zero attached hydrogens (tertiary/aromatic N) is 1. The van der Waals surface area contributed by atoms with Crippen molar-refractivity contribution < 1.29 is 4.74 Å². The predicted octanol–water partition coefficient (Wildman–Crippen LogP) is 4.42. The smallest absolute Gasteiger partial charge is 0.0618 e. The molecule has 0 bridgehead atoms. The highest BCUT2D eigenvalue weighted by Crippen LogP contribution is 2.30. The number of piperidine rings is 1. The first-order valence-electron chi connectivity index (χ1n) is 7.74. The van der Waals surface area contributed by atoms with Gasteiger partial charge >= 0.3 is 0 Å². The lowest BCUT2D eigenvalue weighted by atomic mass is 10.0. The fourth-order valence-electron chi connectivity index (χ4n) is 3.07. The minimum atomic E-state index is 0.589. The minimum Gasteiger partial charge on any atom is -0.383 e. The predicted molar refractivity (Wildman–Crippen MR) is 89.7 cm³/mol. The monoisotopic (exact) mass is 301 g/mol. The van der Waals surface area contributed by atoms with Gasteiger partial charge in [0.05, 0.1) is 6.61 Å². The maximum Gasteiger partial charge on any atom is 0.0618 e. The summed E-state index contributed by atoms with van der Waals surface area (Å²) in [5, 5.41) is 0. The number of ether oxygens (including phenoxy) is 1. The molecule has 1 saturated heterocycles. The van der Waals surface area contributed by atoms with Crippen LogP contribution in [0.3, 0.4) is 0 Å². The SMILES string of the molecule is COC[C@H]1CCCCN1Cc1ccc(-c2ccccc2)s1. The molecule has 1 fully saturated rings. The largest absolute Gasteiger partial charge is 0.383 e. The van der Waals surface area contributed by atoms with E-state index in [2.05, 4.69) is 47.4 Å². The van der Waals surface area contributed by atoms with Crippen LogP contribution in [0.4, 0.5) is 0 Å². The second-order valence-electron chi connectivity index (χ2n) is 5.71. The zero-order valence-corrected chi connectivity index (χ0v) is 13.4. The van der Waals surface area contributed by atoms with E-state index in [1.54, 1.807) is 0 Å². The van der Waals surface area contributed by atoms with Crippen LogP contribution in [0.2, 0.25) is 0 Å². The first kappa shape index (κ1) is 14.8. The molecule has 0 aliphatic carbocycles. The van der Waals surface area contributed by atoms with E-state index in [4.69, 9.17) is 4.74 Å². The average molecular weight is 301 g/mol. The van der Waals surface area contributed by atoms with Gasteiger partial charge in [-0.1, -0.05) is 36.8 Å². The van der Waals surface area contributed by atoms with Crippen LogP contribution in [-0.4, -0.2) is 31.2 Å². The van der Waals surface area contributed by atoms with Crippen LogP contribution in [-0.2, 0) is 11.3 Å². The molecule has 0 amide bonds. The van der Waals surface area contributed by atoms with Crippen LogP contribution in [0, 0.1) is 0 Å². The van der Waals surface area contributed by atoms with E-state index in [0.717, 1.165) is 13.2 Å². The van der Waals surface area contributed by atoms with E-state index >= 15 is 0 Å². The summed E-state index contributed by atoms with van der Waals surface area (Å²) in [7, 11) is 1.81. The fraction of sp³-hybridized carbons (Fsp3) is 0.444. The molecule has 1 atom stereocenters. The van der Waals surface area contributed by atoms with Crippen molar-refractivity contribution in [2.45, 2.75) is 31.8 Å². The second-order valence-corrected chi connectivity index (χ2v) is 6.88. The Morgan fingerprint density at radius 1 is 1.14 bits per heavy atom. The first-order valence-corrected chi connectivity index (χ1v) is 8.55. The highest BCUT2D eigenvalue weighted by atomic mass is 32.1. The molecule has 2 nitrogen and oxygen atoms in total. The van der Waals surface area contributed by atoms with Crippen LogP contribution in [0.15, 0.2) is 42.5 Å². The highest BCUT2D eigenvalue weighted by molar-refractivity contribution is 7.15. The van der Waals surface area contributed by atoms with E-state index in [0.29, 0.717) is 6.04 Å². The van der Waals surface area contributed by atoms with Gasteiger partial charge in [-0.05, 0) is 37.1 Å². The van der Waals surface area contributed by atoms with Gasteiger partial charge in [-0.15, -0.1) is 11.3 Å². The normalized spacial score (nSPS) is 19.8. The van der Waals surface area contributed by atoms with Gasteiger partial charge in [0.2, 0.25) is 0 Å². The third kappa shape index (κ3) is 3.73. The molecule has 3 rings (SSSR count). The molecule has 1 aliphatic heterocycles. The number of likely N-dealkylation sites (tertiary alicyclic amines) is 1. The van der Waals surface area contributed by atoms with Crippen LogP contribution >= 0.6 is 11.3 Å². The van der Waals surface area contributed by atoms with Gasteiger partial charge in [-0.3, -0.25) is 4.90 Å². The highest BCUT2D eigenvalue weighted by Gasteiger charge is 2.22. The van der Waals surface area contributed by atoms with Crippen LogP contribution in [0.1, 0.15) is 24.1 Å². The molecule has 1 aromatic heterocycles. The Hall–Kier alpha value is -1.16. The first-order chi connectivity index (χ1) is 10.4. The molecular weight excluding hydrogens is 278 g/mol. The lowest BCUT2D eigenvalue weighted by Gasteiger charge is -2.34. The van der Waals surface area contributed by atoms with Crippen molar-refractivity contribution in [1.29, 1.82) is 0 Å². The second kappa shape index (κ2) is 7.21. The van der Waals surface area contributed by atoms with E-state index in [9.17, 15) is 0 Å². The lowest BCUT2D eigenvalue weighted by Crippen LogP contribution is -2.41. The third-order valence-electron chi connectivity index (χ3n) is 4.19. The summed E-state index contributed by atoms with van der Waals surface area (Å²) >= 11 is 1.92. The maximum absolute atomic E-state index is 5.39. The summed E-state index contributed by atoms with van der Waals surface area (Å²) in [6, 6.07) is 15.8. The summed E-state index contributed by atoms with van der Waals surface area (Å²) in [6.07, 6.45) is 3.92. The van der Waals surface area contributed by atoms with E-state index in [1.165, 1.54) is 41.1 Å². The Balaban J connectivity index is 1.69. The zero-order chi connectivity index (χ0) is 14.5. The standard InChI is InChI=1S/C18H23NOS/c1-20-14-16-9-5-6-12-19(16)13-17-10-11-18(21-17)15-7-3-2-4-8-15/h2-4,7-8,10-11,16H,5-6,9,12-14H2,1H3/t16-/m1/s1. The molecule has 2 aromatic rings. The van der Waals surface area contributed by atoms with Crippen LogP contribution in [0.5, 0.6) is 0 Å². The summed E-state index contributed by atoms with van der Waals surface area (Å²) in [4.78, 5) is 5.41. The van der Waals surface area contributed by atoms with Crippen LogP contribution < -0.4 is 0 Å². The topological polar surface area (TPSA) is 12.5 Å². The number of benzene rings is 1. The molecule has 2 heterocycles. The van der Waals surface area contributed by atoms with Gasteiger partial charge in [0, 0.05) is 29.5 Å². The number of thiophene rings is 1. The van der Waals surface area contributed by atoms with Gasteiger partial charge in [0.1, 0.15) is 0 Å². The minimum absolute atomic E-state index is 0.589. The summed E-state index contributed by atoms with van der Waals surface area (Å²) in [5.74, 6) is 0. The van der Waals surface area contributed by atoms with Gasteiger partial charge in [-0.2, -0.15) is 0 Å². The van der Waals surface area contributed by atoms with Crippen molar-refractivity contribution in [2.24, 2.45) is 0 Å². The van der Waals surface area contributed by atoms with Gasteiger partial charge in [0.25, 0.3) is 0 Å². The Morgan fingerprint density at radius 2 is 2.00 bits per heavy atom. The van der Waals surface area contributed by atoms with Crippen LogP contribution in [0.25, 0.3) is 10.4 Å². The fourth-order valence-corrected chi connectivity index (χ4v) is 4.11. The molecular formula is C18H23NOS. The lowest BCUT2D eigenvalue weighted by molar-refractivity contribution is 0.0607. The van der Waals surface area contributed by atoms with Gasteiger partial charge in [0.15, 0.2) is 0 Å².